The molecule has 22 heavy (non-hydrogen) atoms. The van der Waals surface area contributed by atoms with Crippen LogP contribution in [-0.4, -0.2) is 44.2 Å². The van der Waals surface area contributed by atoms with Crippen LogP contribution in [0.1, 0.15) is 32.3 Å². The lowest BCUT2D eigenvalue weighted by molar-refractivity contribution is 0.144. The average molecular weight is 326 g/mol. The highest BCUT2D eigenvalue weighted by Crippen LogP contribution is 2.11. The summed E-state index contributed by atoms with van der Waals surface area (Å²) in [7, 11) is 2.05. The van der Waals surface area contributed by atoms with Crippen LogP contribution in [0.2, 0.25) is 5.02 Å². The molecule has 0 saturated heterocycles. The van der Waals surface area contributed by atoms with Crippen LogP contribution in [0.5, 0.6) is 0 Å². The van der Waals surface area contributed by atoms with Gasteiger partial charge in [-0.1, -0.05) is 23.7 Å². The van der Waals surface area contributed by atoms with Gasteiger partial charge in [-0.3, -0.25) is 4.99 Å². The van der Waals surface area contributed by atoms with E-state index in [4.69, 9.17) is 16.3 Å². The van der Waals surface area contributed by atoms with Crippen molar-refractivity contribution in [2.75, 3.05) is 33.4 Å². The molecule has 0 fully saturated rings. The molecule has 1 aromatic rings. The standard InChI is InChI=1S/C17H28ClN3O/c1-4-19-17(20-12-6-7-13-22-5-2)21(3)14-15-8-10-16(18)11-9-15/h8-11H,4-7,12-14H2,1-3H3,(H,19,20). The van der Waals surface area contributed by atoms with E-state index in [9.17, 15) is 0 Å². The summed E-state index contributed by atoms with van der Waals surface area (Å²) in [6.45, 7) is 8.21. The molecule has 0 saturated carbocycles. The monoisotopic (exact) mass is 325 g/mol. The van der Waals surface area contributed by atoms with Gasteiger partial charge in [-0.25, -0.2) is 0 Å². The van der Waals surface area contributed by atoms with Crippen molar-refractivity contribution in [3.63, 3.8) is 0 Å². The highest BCUT2D eigenvalue weighted by atomic mass is 35.5. The van der Waals surface area contributed by atoms with Gasteiger partial charge < -0.3 is 15.0 Å². The van der Waals surface area contributed by atoms with Gasteiger partial charge in [-0.2, -0.15) is 0 Å². The van der Waals surface area contributed by atoms with Gasteiger partial charge in [0.15, 0.2) is 5.96 Å². The lowest BCUT2D eigenvalue weighted by Crippen LogP contribution is -2.38. The first-order chi connectivity index (χ1) is 10.7. The molecule has 0 spiro atoms. The van der Waals surface area contributed by atoms with Gasteiger partial charge >= 0.3 is 0 Å². The highest BCUT2D eigenvalue weighted by molar-refractivity contribution is 6.30. The molecule has 124 valence electrons. The fraction of sp³-hybridized carbons (Fsp3) is 0.588. The molecule has 0 radical (unpaired) electrons. The molecule has 0 aliphatic rings. The minimum absolute atomic E-state index is 0.765. The number of halogens is 1. The lowest BCUT2D eigenvalue weighted by atomic mass is 10.2. The van der Waals surface area contributed by atoms with Gasteiger partial charge in [-0.05, 0) is 44.4 Å². The van der Waals surface area contributed by atoms with Crippen molar-refractivity contribution >= 4 is 17.6 Å². The van der Waals surface area contributed by atoms with Crippen LogP contribution in [0.3, 0.4) is 0 Å². The number of hydrogen-bond acceptors (Lipinski definition) is 2. The average Bonchev–Trinajstić information content (AvgIpc) is 2.51. The number of hydrogen-bond donors (Lipinski definition) is 1. The van der Waals surface area contributed by atoms with Crippen LogP contribution in [0.15, 0.2) is 29.3 Å². The first-order valence-electron chi connectivity index (χ1n) is 7.99. The number of unbranched alkanes of at least 4 members (excludes halogenated alkanes) is 1. The summed E-state index contributed by atoms with van der Waals surface area (Å²) in [5.41, 5.74) is 1.22. The Morgan fingerprint density at radius 3 is 2.59 bits per heavy atom. The van der Waals surface area contributed by atoms with Gasteiger partial charge in [0.25, 0.3) is 0 Å². The van der Waals surface area contributed by atoms with Crippen LogP contribution < -0.4 is 5.32 Å². The second-order valence-corrected chi connectivity index (χ2v) is 5.56. The summed E-state index contributed by atoms with van der Waals surface area (Å²) >= 11 is 5.92. The summed E-state index contributed by atoms with van der Waals surface area (Å²) in [5.74, 6) is 0.939. The third-order valence-corrected chi connectivity index (χ3v) is 3.44. The van der Waals surface area contributed by atoms with E-state index < -0.39 is 0 Å². The summed E-state index contributed by atoms with van der Waals surface area (Å²) in [5, 5.41) is 4.10. The van der Waals surface area contributed by atoms with E-state index in [1.165, 1.54) is 5.56 Å². The Balaban J connectivity index is 2.47. The summed E-state index contributed by atoms with van der Waals surface area (Å²) < 4.78 is 5.34. The zero-order valence-corrected chi connectivity index (χ0v) is 14.7. The van der Waals surface area contributed by atoms with Crippen LogP contribution in [0.25, 0.3) is 0 Å². The smallest absolute Gasteiger partial charge is 0.193 e. The van der Waals surface area contributed by atoms with Crippen molar-refractivity contribution in [1.82, 2.24) is 10.2 Å². The van der Waals surface area contributed by atoms with Gasteiger partial charge in [0.2, 0.25) is 0 Å². The molecule has 0 atom stereocenters. The molecule has 0 unspecified atom stereocenters. The first kappa shape index (κ1) is 18.8. The van der Waals surface area contributed by atoms with Gasteiger partial charge in [0.05, 0.1) is 0 Å². The normalized spacial score (nSPS) is 11.5. The van der Waals surface area contributed by atoms with Crippen LogP contribution >= 0.6 is 11.6 Å². The Morgan fingerprint density at radius 2 is 1.95 bits per heavy atom. The third-order valence-electron chi connectivity index (χ3n) is 3.19. The van der Waals surface area contributed by atoms with Crippen molar-refractivity contribution in [3.05, 3.63) is 34.9 Å². The summed E-state index contributed by atoms with van der Waals surface area (Å²) in [6.07, 6.45) is 2.10. The van der Waals surface area contributed by atoms with E-state index in [2.05, 4.69) is 29.2 Å². The van der Waals surface area contributed by atoms with Crippen LogP contribution in [-0.2, 0) is 11.3 Å². The Hall–Kier alpha value is -1.26. The summed E-state index contributed by atoms with van der Waals surface area (Å²) in [4.78, 5) is 6.81. The van der Waals surface area contributed by atoms with Crippen molar-refractivity contribution in [2.24, 2.45) is 4.99 Å². The van der Waals surface area contributed by atoms with Crippen LogP contribution in [0.4, 0.5) is 0 Å². The molecule has 1 aromatic carbocycles. The molecule has 4 nitrogen and oxygen atoms in total. The molecule has 0 aliphatic heterocycles. The number of nitrogens with zero attached hydrogens (tertiary/aromatic N) is 2. The number of rotatable bonds is 9. The molecule has 0 aliphatic carbocycles. The molecular weight excluding hydrogens is 298 g/mol. The number of guanidine groups is 1. The predicted octanol–water partition coefficient (Wildman–Crippen LogP) is 3.55. The maximum absolute atomic E-state index is 5.92. The zero-order valence-electron chi connectivity index (χ0n) is 13.9. The molecule has 1 rings (SSSR count). The van der Waals surface area contributed by atoms with E-state index >= 15 is 0 Å². The van der Waals surface area contributed by atoms with E-state index in [0.717, 1.165) is 56.7 Å². The number of benzene rings is 1. The zero-order chi connectivity index (χ0) is 16.2. The van der Waals surface area contributed by atoms with Crippen molar-refractivity contribution in [1.29, 1.82) is 0 Å². The number of nitrogens with one attached hydrogen (secondary N) is 1. The maximum atomic E-state index is 5.92. The van der Waals surface area contributed by atoms with E-state index in [1.54, 1.807) is 0 Å². The Labute approximate surface area is 139 Å². The van der Waals surface area contributed by atoms with Crippen molar-refractivity contribution in [3.8, 4) is 0 Å². The number of ether oxygens (including phenoxy) is 1. The van der Waals surface area contributed by atoms with Gasteiger partial charge in [0.1, 0.15) is 0 Å². The minimum atomic E-state index is 0.765. The lowest BCUT2D eigenvalue weighted by Gasteiger charge is -2.22. The summed E-state index contributed by atoms with van der Waals surface area (Å²) in [6, 6.07) is 7.93. The fourth-order valence-electron chi connectivity index (χ4n) is 2.05. The maximum Gasteiger partial charge on any atom is 0.193 e. The molecule has 0 bridgehead atoms. The molecule has 0 aromatic heterocycles. The topological polar surface area (TPSA) is 36.9 Å². The molecule has 5 heteroatoms. The van der Waals surface area contributed by atoms with Gasteiger partial charge in [0, 0.05) is 44.9 Å². The first-order valence-corrected chi connectivity index (χ1v) is 8.36. The van der Waals surface area contributed by atoms with E-state index in [1.807, 2.05) is 31.2 Å². The molecular formula is C17H28ClN3O. The highest BCUT2D eigenvalue weighted by Gasteiger charge is 2.06. The van der Waals surface area contributed by atoms with E-state index in [0.29, 0.717) is 0 Å². The second-order valence-electron chi connectivity index (χ2n) is 5.12. The van der Waals surface area contributed by atoms with Crippen molar-refractivity contribution < 1.29 is 4.74 Å². The molecule has 1 N–H and O–H groups in total. The second kappa shape index (κ2) is 11.3. The predicted molar refractivity (Wildman–Crippen MR) is 94.6 cm³/mol. The Bertz CT molecular complexity index is 434. The Morgan fingerprint density at radius 1 is 1.23 bits per heavy atom. The molecule has 0 heterocycles. The van der Waals surface area contributed by atoms with Crippen molar-refractivity contribution in [2.45, 2.75) is 33.2 Å². The molecule has 0 amide bonds. The SMILES string of the molecule is CCNC(=NCCCCOCC)N(C)Cc1ccc(Cl)cc1. The van der Waals surface area contributed by atoms with Crippen LogP contribution in [0, 0.1) is 0 Å². The number of aliphatic imine (C=N–C) groups is 1. The quantitative estimate of drug-likeness (QED) is 0.428. The minimum Gasteiger partial charge on any atom is -0.382 e. The third kappa shape index (κ3) is 7.66. The fourth-order valence-corrected chi connectivity index (χ4v) is 2.18. The van der Waals surface area contributed by atoms with E-state index in [-0.39, 0.29) is 0 Å². The van der Waals surface area contributed by atoms with Gasteiger partial charge in [-0.15, -0.1) is 0 Å². The Kier molecular flexibility index (Phi) is 9.67. The largest absolute Gasteiger partial charge is 0.382 e.